The Morgan fingerprint density at radius 1 is 1.00 bits per heavy atom. The maximum Gasteiger partial charge on any atom is 0.252 e. The first-order valence-corrected chi connectivity index (χ1v) is 7.45. The molecule has 1 aromatic rings. The van der Waals surface area contributed by atoms with Crippen molar-refractivity contribution < 1.29 is 9.59 Å². The third-order valence-corrected chi connectivity index (χ3v) is 4.17. The lowest BCUT2D eigenvalue weighted by Crippen LogP contribution is -2.64. The average Bonchev–Trinajstić information content (AvgIpc) is 2.97. The minimum absolute atomic E-state index is 0.0731. The van der Waals surface area contributed by atoms with Crippen LogP contribution in [0.3, 0.4) is 0 Å². The molecule has 2 aliphatic rings. The third kappa shape index (κ3) is 2.60. The molecule has 3 rings (SSSR count). The first kappa shape index (κ1) is 13.9. The normalized spacial score (nSPS) is 21.6. The Balaban J connectivity index is 1.82. The molecule has 2 amide bonds. The summed E-state index contributed by atoms with van der Waals surface area (Å²) in [6, 6.07) is 7.93. The second-order valence-electron chi connectivity index (χ2n) is 6.28. The van der Waals surface area contributed by atoms with Gasteiger partial charge in [-0.05, 0) is 51.0 Å². The van der Waals surface area contributed by atoms with Crippen LogP contribution in [0.2, 0.25) is 0 Å². The van der Waals surface area contributed by atoms with Crippen molar-refractivity contribution in [3.8, 4) is 0 Å². The third-order valence-electron chi connectivity index (χ3n) is 4.17. The van der Waals surface area contributed by atoms with Gasteiger partial charge in [0.05, 0.1) is 0 Å². The summed E-state index contributed by atoms with van der Waals surface area (Å²) in [6.45, 7) is 5.75. The standard InChI is InChI=1S/C16H21N3O2/c1-16(2)15(21)19(11-14(20)17-16)13-7-5-12(6-8-13)18-9-3-4-10-18/h5-8H,3-4,9-11H2,1-2H3,(H,17,20). The Morgan fingerprint density at radius 3 is 2.19 bits per heavy atom. The van der Waals surface area contributed by atoms with E-state index >= 15 is 0 Å². The van der Waals surface area contributed by atoms with E-state index in [2.05, 4.69) is 10.2 Å². The molecule has 0 aliphatic carbocycles. The summed E-state index contributed by atoms with van der Waals surface area (Å²) in [6.07, 6.45) is 2.47. The molecule has 0 radical (unpaired) electrons. The van der Waals surface area contributed by atoms with E-state index in [1.807, 2.05) is 24.3 Å². The highest BCUT2D eigenvalue weighted by atomic mass is 16.2. The number of amides is 2. The van der Waals surface area contributed by atoms with Crippen LogP contribution in [0.4, 0.5) is 11.4 Å². The van der Waals surface area contributed by atoms with Crippen molar-refractivity contribution in [3.63, 3.8) is 0 Å². The largest absolute Gasteiger partial charge is 0.372 e. The van der Waals surface area contributed by atoms with Crippen molar-refractivity contribution in [1.82, 2.24) is 5.32 Å². The van der Waals surface area contributed by atoms with Gasteiger partial charge < -0.3 is 15.1 Å². The van der Waals surface area contributed by atoms with Crippen LogP contribution >= 0.6 is 0 Å². The lowest BCUT2D eigenvalue weighted by Gasteiger charge is -2.37. The maximum absolute atomic E-state index is 12.4. The number of rotatable bonds is 2. The second kappa shape index (κ2) is 5.06. The zero-order valence-electron chi connectivity index (χ0n) is 12.6. The Bertz CT molecular complexity index is 559. The molecule has 0 saturated carbocycles. The summed E-state index contributed by atoms with van der Waals surface area (Å²) < 4.78 is 0. The summed E-state index contributed by atoms with van der Waals surface area (Å²) in [5.41, 5.74) is 1.12. The molecule has 2 saturated heterocycles. The Morgan fingerprint density at radius 2 is 1.57 bits per heavy atom. The number of carbonyl (C=O) groups excluding carboxylic acids is 2. The topological polar surface area (TPSA) is 52.7 Å². The number of nitrogens with zero attached hydrogens (tertiary/aromatic N) is 2. The van der Waals surface area contributed by atoms with Crippen molar-refractivity contribution in [1.29, 1.82) is 0 Å². The van der Waals surface area contributed by atoms with Crippen molar-refractivity contribution in [2.75, 3.05) is 29.4 Å². The van der Waals surface area contributed by atoms with Crippen LogP contribution in [-0.2, 0) is 9.59 Å². The smallest absolute Gasteiger partial charge is 0.252 e. The van der Waals surface area contributed by atoms with Gasteiger partial charge in [0.15, 0.2) is 0 Å². The maximum atomic E-state index is 12.4. The molecule has 2 aliphatic heterocycles. The van der Waals surface area contributed by atoms with E-state index in [9.17, 15) is 9.59 Å². The van der Waals surface area contributed by atoms with Gasteiger partial charge in [-0.3, -0.25) is 9.59 Å². The number of hydrogen-bond donors (Lipinski definition) is 1. The van der Waals surface area contributed by atoms with E-state index in [-0.39, 0.29) is 18.4 Å². The second-order valence-corrected chi connectivity index (χ2v) is 6.28. The molecular formula is C16H21N3O2. The number of carbonyl (C=O) groups is 2. The fraction of sp³-hybridized carbons (Fsp3) is 0.500. The van der Waals surface area contributed by atoms with Crippen LogP contribution in [0.25, 0.3) is 0 Å². The van der Waals surface area contributed by atoms with Crippen LogP contribution in [0.15, 0.2) is 24.3 Å². The highest BCUT2D eigenvalue weighted by Gasteiger charge is 2.39. The van der Waals surface area contributed by atoms with E-state index in [1.165, 1.54) is 18.5 Å². The van der Waals surface area contributed by atoms with Crippen LogP contribution in [0.1, 0.15) is 26.7 Å². The van der Waals surface area contributed by atoms with E-state index in [1.54, 1.807) is 18.7 Å². The van der Waals surface area contributed by atoms with Gasteiger partial charge in [0, 0.05) is 24.5 Å². The van der Waals surface area contributed by atoms with Gasteiger partial charge in [-0.25, -0.2) is 0 Å². The zero-order valence-corrected chi connectivity index (χ0v) is 12.6. The van der Waals surface area contributed by atoms with Gasteiger partial charge in [-0.2, -0.15) is 0 Å². The molecule has 0 spiro atoms. The van der Waals surface area contributed by atoms with Crippen molar-refractivity contribution in [2.24, 2.45) is 0 Å². The fourth-order valence-corrected chi connectivity index (χ4v) is 3.02. The zero-order chi connectivity index (χ0) is 15.0. The number of benzene rings is 1. The highest BCUT2D eigenvalue weighted by Crippen LogP contribution is 2.26. The monoisotopic (exact) mass is 287 g/mol. The van der Waals surface area contributed by atoms with Crippen LogP contribution in [0, 0.1) is 0 Å². The van der Waals surface area contributed by atoms with E-state index in [4.69, 9.17) is 0 Å². The molecule has 0 atom stereocenters. The number of piperazine rings is 1. The van der Waals surface area contributed by atoms with Crippen LogP contribution in [0.5, 0.6) is 0 Å². The molecule has 0 bridgehead atoms. The lowest BCUT2D eigenvalue weighted by atomic mass is 10.00. The fourth-order valence-electron chi connectivity index (χ4n) is 3.02. The molecule has 2 heterocycles. The first-order valence-electron chi connectivity index (χ1n) is 7.45. The molecule has 0 unspecified atom stereocenters. The molecule has 1 aromatic carbocycles. The van der Waals surface area contributed by atoms with Gasteiger partial charge in [-0.15, -0.1) is 0 Å². The molecule has 5 nitrogen and oxygen atoms in total. The summed E-state index contributed by atoms with van der Waals surface area (Å²) in [5, 5.41) is 2.72. The number of anilines is 2. The summed E-state index contributed by atoms with van der Waals surface area (Å²) in [7, 11) is 0. The van der Waals surface area contributed by atoms with Gasteiger partial charge in [-0.1, -0.05) is 0 Å². The Hall–Kier alpha value is -2.04. The Labute approximate surface area is 124 Å². The van der Waals surface area contributed by atoms with Gasteiger partial charge >= 0.3 is 0 Å². The van der Waals surface area contributed by atoms with E-state index in [0.29, 0.717) is 0 Å². The lowest BCUT2D eigenvalue weighted by molar-refractivity contribution is -0.134. The van der Waals surface area contributed by atoms with E-state index < -0.39 is 5.54 Å². The average molecular weight is 287 g/mol. The SMILES string of the molecule is CC1(C)NC(=O)CN(c2ccc(N3CCCC3)cc2)C1=O. The quantitative estimate of drug-likeness (QED) is 0.897. The summed E-state index contributed by atoms with van der Waals surface area (Å²) >= 11 is 0. The molecule has 5 heteroatoms. The van der Waals surface area contributed by atoms with Gasteiger partial charge in [0.25, 0.3) is 5.91 Å². The molecule has 2 fully saturated rings. The van der Waals surface area contributed by atoms with E-state index in [0.717, 1.165) is 18.8 Å². The predicted octanol–water partition coefficient (Wildman–Crippen LogP) is 1.53. The minimum Gasteiger partial charge on any atom is -0.372 e. The minimum atomic E-state index is -0.844. The number of nitrogens with one attached hydrogen (secondary N) is 1. The van der Waals surface area contributed by atoms with Crippen LogP contribution < -0.4 is 15.1 Å². The molecular weight excluding hydrogens is 266 g/mol. The number of hydrogen-bond acceptors (Lipinski definition) is 3. The van der Waals surface area contributed by atoms with Crippen molar-refractivity contribution in [3.05, 3.63) is 24.3 Å². The van der Waals surface area contributed by atoms with Crippen LogP contribution in [-0.4, -0.2) is 37.0 Å². The Kier molecular flexibility index (Phi) is 3.35. The highest BCUT2D eigenvalue weighted by molar-refractivity contribution is 6.08. The molecule has 1 N–H and O–H groups in total. The molecule has 112 valence electrons. The van der Waals surface area contributed by atoms with Crippen molar-refractivity contribution in [2.45, 2.75) is 32.2 Å². The van der Waals surface area contributed by atoms with Crippen molar-refractivity contribution >= 4 is 23.2 Å². The summed E-state index contributed by atoms with van der Waals surface area (Å²) in [5.74, 6) is -0.195. The van der Waals surface area contributed by atoms with Gasteiger partial charge in [0.1, 0.15) is 12.1 Å². The molecule has 0 aromatic heterocycles. The van der Waals surface area contributed by atoms with Gasteiger partial charge in [0.2, 0.25) is 5.91 Å². The molecule has 21 heavy (non-hydrogen) atoms. The predicted molar refractivity (Wildman–Crippen MR) is 82.5 cm³/mol. The first-order chi connectivity index (χ1) is 9.97. The summed E-state index contributed by atoms with van der Waals surface area (Å²) in [4.78, 5) is 28.1.